The molecule has 0 bridgehead atoms. The lowest BCUT2D eigenvalue weighted by atomic mass is 10.3. The lowest BCUT2D eigenvalue weighted by molar-refractivity contribution is -0.141. The Morgan fingerprint density at radius 2 is 2.06 bits per heavy atom. The number of alkyl halides is 3. The first-order valence-corrected chi connectivity index (χ1v) is 5.12. The Morgan fingerprint density at radius 3 is 2.50 bits per heavy atom. The van der Waals surface area contributed by atoms with Gasteiger partial charge in [-0.15, -0.1) is 0 Å². The molecule has 4 nitrogen and oxygen atoms in total. The van der Waals surface area contributed by atoms with E-state index in [9.17, 15) is 13.2 Å². The molecular weight excluding hydrogens is 247 g/mol. The van der Waals surface area contributed by atoms with Crippen LogP contribution in [0.4, 0.5) is 13.2 Å². The fourth-order valence-corrected chi connectivity index (χ4v) is 1.48. The summed E-state index contributed by atoms with van der Waals surface area (Å²) in [5.74, 6) is 0.278. The van der Waals surface area contributed by atoms with Crippen molar-refractivity contribution in [3.05, 3.63) is 41.3 Å². The van der Waals surface area contributed by atoms with Gasteiger partial charge in [0.1, 0.15) is 0 Å². The summed E-state index contributed by atoms with van der Waals surface area (Å²) in [5.41, 5.74) is -0.0285. The van der Waals surface area contributed by atoms with Gasteiger partial charge >= 0.3 is 6.18 Å². The lowest BCUT2D eigenvalue weighted by Gasteiger charge is -2.04. The number of aliphatic hydroxyl groups excluding tert-OH is 1. The number of hydrogen-bond acceptors (Lipinski definition) is 3. The summed E-state index contributed by atoms with van der Waals surface area (Å²) in [7, 11) is 0. The normalized spacial score (nSPS) is 11.8. The van der Waals surface area contributed by atoms with Crippen LogP contribution < -0.4 is 0 Å². The first-order chi connectivity index (χ1) is 8.41. The maximum atomic E-state index is 12.5. The minimum atomic E-state index is -4.47. The SMILES string of the molecule is Cc1cc(C(F)(F)F)nn1-c1ccc(CO)cn1. The molecule has 0 unspecified atom stereocenters. The molecule has 18 heavy (non-hydrogen) atoms. The average Bonchev–Trinajstić information content (AvgIpc) is 2.71. The number of aromatic nitrogens is 3. The van der Waals surface area contributed by atoms with Crippen LogP contribution >= 0.6 is 0 Å². The molecule has 0 saturated heterocycles. The van der Waals surface area contributed by atoms with E-state index >= 15 is 0 Å². The van der Waals surface area contributed by atoms with Gasteiger partial charge < -0.3 is 5.11 Å². The highest BCUT2D eigenvalue weighted by molar-refractivity contribution is 5.28. The quantitative estimate of drug-likeness (QED) is 0.896. The third-order valence-electron chi connectivity index (χ3n) is 2.39. The van der Waals surface area contributed by atoms with Crippen molar-refractivity contribution >= 4 is 0 Å². The van der Waals surface area contributed by atoms with Crippen molar-refractivity contribution in [1.29, 1.82) is 0 Å². The molecule has 0 radical (unpaired) electrons. The molecule has 2 heterocycles. The first kappa shape index (κ1) is 12.6. The van der Waals surface area contributed by atoms with Crippen LogP contribution in [0.2, 0.25) is 0 Å². The molecule has 0 amide bonds. The van der Waals surface area contributed by atoms with Gasteiger partial charge in [0.25, 0.3) is 0 Å². The van der Waals surface area contributed by atoms with Gasteiger partial charge in [-0.1, -0.05) is 6.07 Å². The molecule has 0 aliphatic carbocycles. The molecule has 2 aromatic heterocycles. The summed E-state index contributed by atoms with van der Waals surface area (Å²) < 4.78 is 38.6. The highest BCUT2D eigenvalue weighted by Crippen LogP contribution is 2.29. The maximum absolute atomic E-state index is 12.5. The number of aliphatic hydroxyl groups is 1. The van der Waals surface area contributed by atoms with E-state index in [1.807, 2.05) is 0 Å². The van der Waals surface area contributed by atoms with Gasteiger partial charge in [-0.3, -0.25) is 0 Å². The van der Waals surface area contributed by atoms with Gasteiger partial charge in [-0.2, -0.15) is 18.3 Å². The van der Waals surface area contributed by atoms with Crippen LogP contribution in [0.1, 0.15) is 17.0 Å². The van der Waals surface area contributed by atoms with E-state index in [0.29, 0.717) is 11.3 Å². The molecule has 0 fully saturated rings. The highest BCUT2D eigenvalue weighted by atomic mass is 19.4. The number of hydrogen-bond donors (Lipinski definition) is 1. The summed E-state index contributed by atoms with van der Waals surface area (Å²) >= 11 is 0. The van der Waals surface area contributed by atoms with Gasteiger partial charge in [0, 0.05) is 11.9 Å². The second kappa shape index (κ2) is 4.41. The molecule has 0 aromatic carbocycles. The molecule has 2 aromatic rings. The zero-order chi connectivity index (χ0) is 13.3. The second-order valence-corrected chi connectivity index (χ2v) is 3.76. The first-order valence-electron chi connectivity index (χ1n) is 5.12. The van der Waals surface area contributed by atoms with Crippen molar-refractivity contribution in [2.24, 2.45) is 0 Å². The summed E-state index contributed by atoms with van der Waals surface area (Å²) in [6.45, 7) is 1.35. The molecule has 0 aliphatic rings. The monoisotopic (exact) mass is 257 g/mol. The Hall–Kier alpha value is -1.89. The average molecular weight is 257 g/mol. The fourth-order valence-electron chi connectivity index (χ4n) is 1.48. The van der Waals surface area contributed by atoms with Crippen LogP contribution in [-0.2, 0) is 12.8 Å². The van der Waals surface area contributed by atoms with Crippen LogP contribution in [0.5, 0.6) is 0 Å². The van der Waals surface area contributed by atoms with Crippen molar-refractivity contribution < 1.29 is 18.3 Å². The topological polar surface area (TPSA) is 50.9 Å². The Balaban J connectivity index is 2.41. The minimum Gasteiger partial charge on any atom is -0.392 e. The third kappa shape index (κ3) is 2.35. The molecule has 0 aliphatic heterocycles. The van der Waals surface area contributed by atoms with Crippen LogP contribution in [0.15, 0.2) is 24.4 Å². The highest BCUT2D eigenvalue weighted by Gasteiger charge is 2.34. The van der Waals surface area contributed by atoms with Crippen LogP contribution in [0, 0.1) is 6.92 Å². The summed E-state index contributed by atoms with van der Waals surface area (Å²) in [6, 6.07) is 4.05. The fraction of sp³-hybridized carbons (Fsp3) is 0.273. The van der Waals surface area contributed by atoms with Gasteiger partial charge in [-0.05, 0) is 24.6 Å². The van der Waals surface area contributed by atoms with E-state index in [1.165, 1.54) is 19.2 Å². The van der Waals surface area contributed by atoms with E-state index in [4.69, 9.17) is 5.11 Å². The van der Waals surface area contributed by atoms with Gasteiger partial charge in [0.15, 0.2) is 11.5 Å². The summed E-state index contributed by atoms with van der Waals surface area (Å²) in [4.78, 5) is 3.95. The van der Waals surface area contributed by atoms with E-state index in [-0.39, 0.29) is 12.4 Å². The van der Waals surface area contributed by atoms with Gasteiger partial charge in [0.05, 0.1) is 6.61 Å². The Labute approximate surface area is 101 Å². The molecule has 2 rings (SSSR count). The predicted octanol–water partition coefficient (Wildman–Crippen LogP) is 2.09. The number of rotatable bonds is 2. The molecule has 0 atom stereocenters. The number of pyridine rings is 1. The zero-order valence-corrected chi connectivity index (χ0v) is 9.44. The number of nitrogens with zero attached hydrogens (tertiary/aromatic N) is 3. The van der Waals surface area contributed by atoms with Crippen LogP contribution in [-0.4, -0.2) is 19.9 Å². The van der Waals surface area contributed by atoms with Gasteiger partial charge in [0.2, 0.25) is 0 Å². The van der Waals surface area contributed by atoms with Crippen molar-refractivity contribution in [2.75, 3.05) is 0 Å². The lowest BCUT2D eigenvalue weighted by Crippen LogP contribution is -2.08. The Bertz CT molecular complexity index is 546. The summed E-state index contributed by atoms with van der Waals surface area (Å²) in [5, 5.41) is 12.3. The van der Waals surface area contributed by atoms with Crippen LogP contribution in [0.3, 0.4) is 0 Å². The molecule has 1 N–H and O–H groups in total. The van der Waals surface area contributed by atoms with Crippen molar-refractivity contribution in [2.45, 2.75) is 19.7 Å². The molecule has 7 heteroatoms. The standard InChI is InChI=1S/C11H10F3N3O/c1-7-4-9(11(12,13)14)16-17(7)10-3-2-8(6-18)5-15-10/h2-5,18H,6H2,1H3. The predicted molar refractivity (Wildman–Crippen MR) is 57.0 cm³/mol. The minimum absolute atomic E-state index is 0.167. The van der Waals surface area contributed by atoms with E-state index < -0.39 is 11.9 Å². The largest absolute Gasteiger partial charge is 0.435 e. The van der Waals surface area contributed by atoms with E-state index in [2.05, 4.69) is 10.1 Å². The smallest absolute Gasteiger partial charge is 0.392 e. The van der Waals surface area contributed by atoms with E-state index in [1.54, 1.807) is 6.07 Å². The second-order valence-electron chi connectivity index (χ2n) is 3.76. The maximum Gasteiger partial charge on any atom is 0.435 e. The van der Waals surface area contributed by atoms with Crippen LogP contribution in [0.25, 0.3) is 5.82 Å². The van der Waals surface area contributed by atoms with E-state index in [0.717, 1.165) is 10.7 Å². The zero-order valence-electron chi connectivity index (χ0n) is 9.44. The Morgan fingerprint density at radius 1 is 1.33 bits per heavy atom. The molecule has 0 saturated carbocycles. The number of aryl methyl sites for hydroxylation is 1. The number of halogens is 3. The van der Waals surface area contributed by atoms with Gasteiger partial charge in [-0.25, -0.2) is 9.67 Å². The third-order valence-corrected chi connectivity index (χ3v) is 2.39. The molecular formula is C11H10F3N3O. The Kier molecular flexibility index (Phi) is 3.08. The van der Waals surface area contributed by atoms with Crippen molar-refractivity contribution in [3.8, 4) is 5.82 Å². The van der Waals surface area contributed by atoms with Crippen molar-refractivity contribution in [3.63, 3.8) is 0 Å². The van der Waals surface area contributed by atoms with Crippen molar-refractivity contribution in [1.82, 2.24) is 14.8 Å². The molecule has 0 spiro atoms. The molecule has 96 valence electrons. The summed E-state index contributed by atoms with van der Waals surface area (Å²) in [6.07, 6.45) is -3.08.